The summed E-state index contributed by atoms with van der Waals surface area (Å²) < 4.78 is 0. The van der Waals surface area contributed by atoms with Crippen molar-refractivity contribution in [3.8, 4) is 0 Å². The molecule has 1 aromatic rings. The highest BCUT2D eigenvalue weighted by molar-refractivity contribution is 7.10. The third-order valence-corrected chi connectivity index (χ3v) is 4.66. The van der Waals surface area contributed by atoms with Gasteiger partial charge in [-0.3, -0.25) is 4.79 Å². The van der Waals surface area contributed by atoms with E-state index in [1.807, 2.05) is 6.92 Å². The third kappa shape index (κ3) is 2.82. The lowest BCUT2D eigenvalue weighted by Crippen LogP contribution is -2.40. The van der Waals surface area contributed by atoms with Crippen LogP contribution in [0, 0.1) is 0 Å². The molecule has 0 unspecified atom stereocenters. The standard InChI is InChI=1S/C14H20N2OS/c1-10(11-7-15-8-11)13(17)16-9-14(2,3)12-5-4-6-18-12/h4-6,15H,7-9H2,1-3H3,(H,16,17). The van der Waals surface area contributed by atoms with Crippen LogP contribution in [0.25, 0.3) is 0 Å². The van der Waals surface area contributed by atoms with Gasteiger partial charge in [-0.15, -0.1) is 11.3 Å². The summed E-state index contributed by atoms with van der Waals surface area (Å²) in [6.07, 6.45) is 0. The Morgan fingerprint density at radius 3 is 2.72 bits per heavy atom. The number of thiophene rings is 1. The highest BCUT2D eigenvalue weighted by Crippen LogP contribution is 2.26. The van der Waals surface area contributed by atoms with Crippen LogP contribution in [0.5, 0.6) is 0 Å². The van der Waals surface area contributed by atoms with E-state index in [1.54, 1.807) is 11.3 Å². The maximum atomic E-state index is 12.0. The lowest BCUT2D eigenvalue weighted by atomic mass is 9.91. The Hall–Kier alpha value is -1.13. The summed E-state index contributed by atoms with van der Waals surface area (Å²) in [6.45, 7) is 8.61. The number of hydrogen-bond acceptors (Lipinski definition) is 3. The van der Waals surface area contributed by atoms with Crippen molar-refractivity contribution in [2.45, 2.75) is 26.2 Å². The van der Waals surface area contributed by atoms with E-state index in [0.717, 1.165) is 18.7 Å². The van der Waals surface area contributed by atoms with E-state index in [1.165, 1.54) is 10.5 Å². The van der Waals surface area contributed by atoms with Gasteiger partial charge in [0, 0.05) is 35.5 Å². The molecule has 0 saturated carbocycles. The molecule has 0 aliphatic carbocycles. The molecule has 1 fully saturated rings. The Morgan fingerprint density at radius 1 is 1.50 bits per heavy atom. The number of hydrogen-bond donors (Lipinski definition) is 2. The topological polar surface area (TPSA) is 41.1 Å². The van der Waals surface area contributed by atoms with E-state index in [2.05, 4.69) is 42.0 Å². The number of rotatable bonds is 4. The normalized spacial score (nSPS) is 15.2. The van der Waals surface area contributed by atoms with Crippen LogP contribution in [0.2, 0.25) is 0 Å². The molecule has 1 saturated heterocycles. The number of carbonyl (C=O) groups is 1. The van der Waals surface area contributed by atoms with Crippen LogP contribution in [0.4, 0.5) is 0 Å². The summed E-state index contributed by atoms with van der Waals surface area (Å²) in [7, 11) is 0. The monoisotopic (exact) mass is 264 g/mol. The number of nitrogens with one attached hydrogen (secondary N) is 2. The molecule has 1 aromatic heterocycles. The van der Waals surface area contributed by atoms with Gasteiger partial charge in [-0.05, 0) is 23.9 Å². The second-order valence-electron chi connectivity index (χ2n) is 5.38. The highest BCUT2D eigenvalue weighted by atomic mass is 32.1. The maximum Gasteiger partial charge on any atom is 0.246 e. The Labute approximate surface area is 112 Å². The Bertz CT molecular complexity index is 454. The van der Waals surface area contributed by atoms with Crippen LogP contribution in [0.15, 0.2) is 28.7 Å². The van der Waals surface area contributed by atoms with E-state index in [0.29, 0.717) is 6.54 Å². The lowest BCUT2D eigenvalue weighted by molar-refractivity contribution is -0.117. The molecular weight excluding hydrogens is 244 g/mol. The van der Waals surface area contributed by atoms with E-state index >= 15 is 0 Å². The van der Waals surface area contributed by atoms with Crippen LogP contribution in [0.1, 0.15) is 25.6 Å². The molecule has 2 rings (SSSR count). The van der Waals surface area contributed by atoms with E-state index < -0.39 is 0 Å². The predicted octanol–water partition coefficient (Wildman–Crippen LogP) is 2.06. The molecule has 0 spiro atoms. The third-order valence-electron chi connectivity index (χ3n) is 3.43. The first-order valence-corrected chi connectivity index (χ1v) is 7.10. The van der Waals surface area contributed by atoms with Crippen LogP contribution in [0.3, 0.4) is 0 Å². The number of carbonyl (C=O) groups excluding carboxylic acids is 1. The Kier molecular flexibility index (Phi) is 3.88. The first-order chi connectivity index (χ1) is 8.50. The molecule has 4 heteroatoms. The average molecular weight is 264 g/mol. The van der Waals surface area contributed by atoms with Gasteiger partial charge in [0.15, 0.2) is 0 Å². The van der Waals surface area contributed by atoms with Gasteiger partial charge in [0.1, 0.15) is 0 Å². The minimum atomic E-state index is -0.00730. The van der Waals surface area contributed by atoms with Gasteiger partial charge in [0.05, 0.1) is 0 Å². The summed E-state index contributed by atoms with van der Waals surface area (Å²) in [5.41, 5.74) is 2.09. The second-order valence-corrected chi connectivity index (χ2v) is 6.32. The van der Waals surface area contributed by atoms with Crippen LogP contribution in [-0.2, 0) is 10.2 Å². The molecule has 2 heterocycles. The SMILES string of the molecule is CC(C(=O)NCC(C)(C)c1cccs1)=C1CNC1. The lowest BCUT2D eigenvalue weighted by Gasteiger charge is -2.25. The predicted molar refractivity (Wildman–Crippen MR) is 75.9 cm³/mol. The zero-order valence-corrected chi connectivity index (χ0v) is 12.0. The first-order valence-electron chi connectivity index (χ1n) is 6.22. The highest BCUT2D eigenvalue weighted by Gasteiger charge is 2.23. The minimum absolute atomic E-state index is 0.00730. The molecule has 1 aliphatic rings. The Morgan fingerprint density at radius 2 is 2.22 bits per heavy atom. The molecule has 1 amide bonds. The van der Waals surface area contributed by atoms with Gasteiger partial charge in [0.25, 0.3) is 0 Å². The zero-order valence-electron chi connectivity index (χ0n) is 11.2. The molecule has 98 valence electrons. The molecule has 0 bridgehead atoms. The van der Waals surface area contributed by atoms with Crippen molar-refractivity contribution in [3.05, 3.63) is 33.5 Å². The van der Waals surface area contributed by atoms with Crippen molar-refractivity contribution in [1.29, 1.82) is 0 Å². The van der Waals surface area contributed by atoms with Crippen molar-refractivity contribution < 1.29 is 4.79 Å². The summed E-state index contributed by atoms with van der Waals surface area (Å²) in [4.78, 5) is 13.3. The first kappa shape index (κ1) is 13.3. The molecular formula is C14H20N2OS. The van der Waals surface area contributed by atoms with Crippen LogP contribution in [-0.4, -0.2) is 25.5 Å². The van der Waals surface area contributed by atoms with E-state index in [-0.39, 0.29) is 11.3 Å². The van der Waals surface area contributed by atoms with Crippen molar-refractivity contribution >= 4 is 17.2 Å². The van der Waals surface area contributed by atoms with Gasteiger partial charge < -0.3 is 10.6 Å². The molecule has 1 aliphatic heterocycles. The van der Waals surface area contributed by atoms with Gasteiger partial charge in [0.2, 0.25) is 5.91 Å². The molecule has 18 heavy (non-hydrogen) atoms. The van der Waals surface area contributed by atoms with Gasteiger partial charge in [-0.1, -0.05) is 19.9 Å². The minimum Gasteiger partial charge on any atom is -0.351 e. The van der Waals surface area contributed by atoms with Crippen LogP contribution < -0.4 is 10.6 Å². The van der Waals surface area contributed by atoms with Gasteiger partial charge in [-0.25, -0.2) is 0 Å². The van der Waals surface area contributed by atoms with Crippen molar-refractivity contribution in [2.24, 2.45) is 0 Å². The maximum absolute atomic E-state index is 12.0. The van der Waals surface area contributed by atoms with E-state index in [4.69, 9.17) is 0 Å². The summed E-state index contributed by atoms with van der Waals surface area (Å²) in [5.74, 6) is 0.0659. The fourth-order valence-electron chi connectivity index (χ4n) is 1.86. The van der Waals surface area contributed by atoms with Gasteiger partial charge in [-0.2, -0.15) is 0 Å². The summed E-state index contributed by atoms with van der Waals surface area (Å²) >= 11 is 1.74. The fourth-order valence-corrected chi connectivity index (χ4v) is 2.71. The fraction of sp³-hybridized carbons (Fsp3) is 0.500. The van der Waals surface area contributed by atoms with Crippen molar-refractivity contribution in [3.63, 3.8) is 0 Å². The van der Waals surface area contributed by atoms with Gasteiger partial charge >= 0.3 is 0 Å². The van der Waals surface area contributed by atoms with Crippen molar-refractivity contribution in [2.75, 3.05) is 19.6 Å². The largest absolute Gasteiger partial charge is 0.351 e. The quantitative estimate of drug-likeness (QED) is 0.817. The Balaban J connectivity index is 1.93. The molecule has 2 N–H and O–H groups in total. The molecule has 3 nitrogen and oxygen atoms in total. The zero-order chi connectivity index (χ0) is 13.2. The molecule has 0 atom stereocenters. The molecule has 0 radical (unpaired) electrons. The summed E-state index contributed by atoms with van der Waals surface area (Å²) in [6, 6.07) is 4.18. The van der Waals surface area contributed by atoms with Crippen molar-refractivity contribution in [1.82, 2.24) is 10.6 Å². The second kappa shape index (κ2) is 5.24. The van der Waals surface area contributed by atoms with Crippen LogP contribution >= 0.6 is 11.3 Å². The summed E-state index contributed by atoms with van der Waals surface area (Å²) in [5, 5.41) is 8.27. The smallest absolute Gasteiger partial charge is 0.246 e. The van der Waals surface area contributed by atoms with E-state index in [9.17, 15) is 4.79 Å². The average Bonchev–Trinajstić information content (AvgIpc) is 2.77. The molecule has 0 aromatic carbocycles. The number of amides is 1.